The van der Waals surface area contributed by atoms with E-state index in [-0.39, 0.29) is 6.04 Å². The Kier molecular flexibility index (Phi) is 5.04. The Morgan fingerprint density at radius 2 is 2.05 bits per heavy atom. The Bertz CT molecular complexity index is 677. The molecule has 22 heavy (non-hydrogen) atoms. The van der Waals surface area contributed by atoms with Crippen molar-refractivity contribution in [3.8, 4) is 6.07 Å². The van der Waals surface area contributed by atoms with Crippen LogP contribution in [0.1, 0.15) is 25.3 Å². The predicted molar refractivity (Wildman–Crippen MR) is 83.6 cm³/mol. The molecule has 120 valence electrons. The first kappa shape index (κ1) is 16.7. The zero-order valence-electron chi connectivity index (χ0n) is 12.8. The second-order valence-electron chi connectivity index (χ2n) is 5.46. The lowest BCUT2D eigenvalue weighted by Gasteiger charge is -2.38. The Hall–Kier alpha value is -1.65. The molecule has 7 heteroatoms. The standard InChI is InChI=1S/C15H20FN3O2S/c1-3-19(22(2,20)21)14-6-8-18(9-7-14)15-5-4-13(16)10-12(15)11-17/h4-5,10,14H,3,6-9H2,1-2H3. The molecule has 1 fully saturated rings. The number of rotatable bonds is 4. The topological polar surface area (TPSA) is 64.4 Å². The average Bonchev–Trinajstić information content (AvgIpc) is 2.47. The van der Waals surface area contributed by atoms with Crippen LogP contribution in [0.2, 0.25) is 0 Å². The first-order chi connectivity index (χ1) is 10.4. The van der Waals surface area contributed by atoms with Crippen molar-refractivity contribution in [3.63, 3.8) is 0 Å². The molecule has 1 aliphatic rings. The summed E-state index contributed by atoms with van der Waals surface area (Å²) in [6.45, 7) is 3.60. The predicted octanol–water partition coefficient (Wildman–Crippen LogP) is 1.95. The van der Waals surface area contributed by atoms with Crippen LogP contribution in [-0.2, 0) is 10.0 Å². The third-order valence-electron chi connectivity index (χ3n) is 4.03. The zero-order chi connectivity index (χ0) is 16.3. The summed E-state index contributed by atoms with van der Waals surface area (Å²) >= 11 is 0. The van der Waals surface area contributed by atoms with Gasteiger partial charge < -0.3 is 4.90 Å². The molecular formula is C15H20FN3O2S. The fourth-order valence-electron chi connectivity index (χ4n) is 3.03. The molecular weight excluding hydrogens is 305 g/mol. The normalized spacial score (nSPS) is 16.8. The molecule has 0 atom stereocenters. The molecule has 0 spiro atoms. The van der Waals surface area contributed by atoms with Crippen LogP contribution >= 0.6 is 0 Å². The van der Waals surface area contributed by atoms with E-state index in [9.17, 15) is 12.8 Å². The third-order valence-corrected chi connectivity index (χ3v) is 5.44. The van der Waals surface area contributed by atoms with Gasteiger partial charge in [0.1, 0.15) is 11.9 Å². The van der Waals surface area contributed by atoms with Gasteiger partial charge in [0.05, 0.1) is 17.5 Å². The maximum absolute atomic E-state index is 13.2. The van der Waals surface area contributed by atoms with Crippen LogP contribution in [0.4, 0.5) is 10.1 Å². The Morgan fingerprint density at radius 3 is 2.55 bits per heavy atom. The van der Waals surface area contributed by atoms with Gasteiger partial charge in [0.15, 0.2) is 0 Å². The molecule has 0 N–H and O–H groups in total. The fraction of sp³-hybridized carbons (Fsp3) is 0.533. The van der Waals surface area contributed by atoms with Gasteiger partial charge in [-0.3, -0.25) is 0 Å². The summed E-state index contributed by atoms with van der Waals surface area (Å²) in [6, 6.07) is 6.19. The van der Waals surface area contributed by atoms with Gasteiger partial charge in [0, 0.05) is 25.7 Å². The SMILES string of the molecule is CCN(C1CCN(c2ccc(F)cc2C#N)CC1)S(C)(=O)=O. The highest BCUT2D eigenvalue weighted by Gasteiger charge is 2.29. The van der Waals surface area contributed by atoms with Gasteiger partial charge in [0.2, 0.25) is 10.0 Å². The first-order valence-corrected chi connectivity index (χ1v) is 9.13. The van der Waals surface area contributed by atoms with Crippen LogP contribution in [0, 0.1) is 17.1 Å². The van der Waals surface area contributed by atoms with Crippen LogP contribution in [0.5, 0.6) is 0 Å². The summed E-state index contributed by atoms with van der Waals surface area (Å²) in [4.78, 5) is 2.02. The van der Waals surface area contributed by atoms with E-state index in [0.29, 0.717) is 43.7 Å². The number of nitrogens with zero attached hydrogens (tertiary/aromatic N) is 3. The number of hydrogen-bond acceptors (Lipinski definition) is 4. The van der Waals surface area contributed by atoms with E-state index in [1.54, 1.807) is 6.07 Å². The molecule has 1 aliphatic heterocycles. The van der Waals surface area contributed by atoms with Crippen molar-refractivity contribution in [3.05, 3.63) is 29.6 Å². The molecule has 1 aromatic carbocycles. The molecule has 0 aromatic heterocycles. The minimum absolute atomic E-state index is 0.0118. The highest BCUT2D eigenvalue weighted by molar-refractivity contribution is 7.88. The van der Waals surface area contributed by atoms with Gasteiger partial charge in [-0.1, -0.05) is 6.92 Å². The summed E-state index contributed by atoms with van der Waals surface area (Å²) in [6.07, 6.45) is 2.63. The minimum Gasteiger partial charge on any atom is -0.370 e. The molecule has 0 aliphatic carbocycles. The van der Waals surface area contributed by atoms with E-state index >= 15 is 0 Å². The largest absolute Gasteiger partial charge is 0.370 e. The fourth-order valence-corrected chi connectivity index (χ4v) is 4.25. The van der Waals surface area contributed by atoms with E-state index in [4.69, 9.17) is 5.26 Å². The summed E-state index contributed by atoms with van der Waals surface area (Å²) in [5.41, 5.74) is 1.03. The molecule has 0 radical (unpaired) electrons. The molecule has 0 bridgehead atoms. The summed E-state index contributed by atoms with van der Waals surface area (Å²) in [7, 11) is -3.20. The van der Waals surface area contributed by atoms with E-state index in [1.165, 1.54) is 22.7 Å². The van der Waals surface area contributed by atoms with Crippen LogP contribution in [0.3, 0.4) is 0 Å². The number of halogens is 1. The molecule has 5 nitrogen and oxygen atoms in total. The first-order valence-electron chi connectivity index (χ1n) is 7.28. The minimum atomic E-state index is -3.20. The molecule has 0 unspecified atom stereocenters. The van der Waals surface area contributed by atoms with Crippen LogP contribution < -0.4 is 4.90 Å². The highest BCUT2D eigenvalue weighted by atomic mass is 32.2. The zero-order valence-corrected chi connectivity index (χ0v) is 13.6. The number of anilines is 1. The number of benzene rings is 1. The van der Waals surface area contributed by atoms with E-state index < -0.39 is 15.8 Å². The van der Waals surface area contributed by atoms with Crippen molar-refractivity contribution in [1.82, 2.24) is 4.31 Å². The second kappa shape index (κ2) is 6.63. The van der Waals surface area contributed by atoms with Crippen LogP contribution in [0.15, 0.2) is 18.2 Å². The molecule has 1 heterocycles. The Labute approximate surface area is 131 Å². The maximum Gasteiger partial charge on any atom is 0.211 e. The van der Waals surface area contributed by atoms with Gasteiger partial charge in [-0.25, -0.2) is 12.8 Å². The number of sulfonamides is 1. The lowest BCUT2D eigenvalue weighted by Crippen LogP contribution is -2.47. The van der Waals surface area contributed by atoms with E-state index in [0.717, 1.165) is 0 Å². The molecule has 2 rings (SSSR count). The van der Waals surface area contributed by atoms with Gasteiger partial charge in [0.25, 0.3) is 0 Å². The van der Waals surface area contributed by atoms with E-state index in [2.05, 4.69) is 0 Å². The van der Waals surface area contributed by atoms with Crippen molar-refractivity contribution < 1.29 is 12.8 Å². The maximum atomic E-state index is 13.2. The van der Waals surface area contributed by atoms with Gasteiger partial charge in [-0.15, -0.1) is 0 Å². The summed E-state index contributed by atoms with van der Waals surface area (Å²) in [5, 5.41) is 9.13. The number of nitriles is 1. The Balaban J connectivity index is 2.11. The van der Waals surface area contributed by atoms with Crippen molar-refractivity contribution in [2.24, 2.45) is 0 Å². The lowest BCUT2D eigenvalue weighted by molar-refractivity contribution is 0.285. The van der Waals surface area contributed by atoms with Crippen LogP contribution in [-0.4, -0.2) is 44.7 Å². The van der Waals surface area contributed by atoms with Crippen molar-refractivity contribution >= 4 is 15.7 Å². The third kappa shape index (κ3) is 3.57. The number of hydrogen-bond donors (Lipinski definition) is 0. The van der Waals surface area contributed by atoms with Gasteiger partial charge in [-0.05, 0) is 31.0 Å². The quantitative estimate of drug-likeness (QED) is 0.849. The highest BCUT2D eigenvalue weighted by Crippen LogP contribution is 2.26. The van der Waals surface area contributed by atoms with Crippen molar-refractivity contribution in [2.45, 2.75) is 25.8 Å². The van der Waals surface area contributed by atoms with Crippen molar-refractivity contribution in [1.29, 1.82) is 5.26 Å². The van der Waals surface area contributed by atoms with E-state index in [1.807, 2.05) is 17.9 Å². The van der Waals surface area contributed by atoms with Crippen molar-refractivity contribution in [2.75, 3.05) is 30.8 Å². The van der Waals surface area contributed by atoms with Gasteiger partial charge >= 0.3 is 0 Å². The van der Waals surface area contributed by atoms with Crippen LogP contribution in [0.25, 0.3) is 0 Å². The molecule has 1 aromatic rings. The monoisotopic (exact) mass is 325 g/mol. The summed E-state index contributed by atoms with van der Waals surface area (Å²) in [5.74, 6) is -0.426. The molecule has 0 amide bonds. The summed E-state index contributed by atoms with van der Waals surface area (Å²) < 4.78 is 38.3. The number of piperidine rings is 1. The van der Waals surface area contributed by atoms with Gasteiger partial charge in [-0.2, -0.15) is 9.57 Å². The lowest BCUT2D eigenvalue weighted by atomic mass is 10.0. The molecule has 0 saturated carbocycles. The molecule has 1 saturated heterocycles. The Morgan fingerprint density at radius 1 is 1.41 bits per heavy atom. The average molecular weight is 325 g/mol. The second-order valence-corrected chi connectivity index (χ2v) is 7.39. The smallest absolute Gasteiger partial charge is 0.211 e.